The predicted molar refractivity (Wildman–Crippen MR) is 50.1 cm³/mol. The Balaban J connectivity index is 3.77. The summed E-state index contributed by atoms with van der Waals surface area (Å²) >= 11 is 0. The number of hydrogen-bond donors (Lipinski definition) is 2. The fourth-order valence-corrected chi connectivity index (χ4v) is 1.31. The molecule has 2 N–H and O–H groups in total. The lowest BCUT2D eigenvalue weighted by Gasteiger charge is -2.25. The molecular weight excluding hydrogens is 154 g/mol. The van der Waals surface area contributed by atoms with Crippen molar-refractivity contribution in [1.82, 2.24) is 4.90 Å². The van der Waals surface area contributed by atoms with Crippen molar-refractivity contribution < 1.29 is 10.2 Å². The molecule has 3 nitrogen and oxygen atoms in total. The van der Waals surface area contributed by atoms with E-state index in [1.54, 1.807) is 0 Å². The Morgan fingerprint density at radius 2 is 1.92 bits per heavy atom. The minimum Gasteiger partial charge on any atom is -0.394 e. The molecule has 0 saturated carbocycles. The minimum absolute atomic E-state index is 0.131. The number of aliphatic hydroxyl groups excluding tert-OH is 2. The lowest BCUT2D eigenvalue weighted by molar-refractivity contribution is 0.0638. The van der Waals surface area contributed by atoms with Crippen LogP contribution in [0.3, 0.4) is 0 Å². The normalized spacial score (nSPS) is 16.5. The highest BCUT2D eigenvalue weighted by Gasteiger charge is 2.14. The van der Waals surface area contributed by atoms with E-state index in [-0.39, 0.29) is 6.61 Å². The van der Waals surface area contributed by atoms with Crippen molar-refractivity contribution in [2.24, 2.45) is 0 Å². The van der Waals surface area contributed by atoms with Crippen LogP contribution < -0.4 is 0 Å². The highest BCUT2D eigenvalue weighted by Crippen LogP contribution is 2.09. The molecule has 0 aliphatic heterocycles. The summed E-state index contributed by atoms with van der Waals surface area (Å²) in [6.07, 6.45) is 2.28. The van der Waals surface area contributed by atoms with Crippen molar-refractivity contribution in [3.63, 3.8) is 0 Å². The highest BCUT2D eigenvalue weighted by atomic mass is 16.3. The molecule has 0 amide bonds. The summed E-state index contributed by atoms with van der Waals surface area (Å²) in [5, 5.41) is 17.9. The van der Waals surface area contributed by atoms with Crippen LogP contribution >= 0.6 is 0 Å². The third-order valence-corrected chi connectivity index (χ3v) is 2.11. The topological polar surface area (TPSA) is 43.7 Å². The van der Waals surface area contributed by atoms with Gasteiger partial charge < -0.3 is 15.1 Å². The molecule has 0 aromatic heterocycles. The molecule has 0 spiro atoms. The maximum atomic E-state index is 9.23. The van der Waals surface area contributed by atoms with Gasteiger partial charge in [0.2, 0.25) is 0 Å². The third kappa shape index (κ3) is 4.70. The molecule has 3 heteroatoms. The van der Waals surface area contributed by atoms with Crippen molar-refractivity contribution in [2.75, 3.05) is 20.7 Å². The van der Waals surface area contributed by atoms with E-state index >= 15 is 0 Å². The first kappa shape index (κ1) is 11.9. The van der Waals surface area contributed by atoms with E-state index in [0.29, 0.717) is 12.5 Å². The van der Waals surface area contributed by atoms with Gasteiger partial charge in [-0.1, -0.05) is 13.3 Å². The van der Waals surface area contributed by atoms with Crippen LogP contribution in [0.25, 0.3) is 0 Å². The molecule has 0 aliphatic rings. The van der Waals surface area contributed by atoms with E-state index in [0.717, 1.165) is 12.8 Å². The maximum absolute atomic E-state index is 9.23. The van der Waals surface area contributed by atoms with Gasteiger partial charge in [0.25, 0.3) is 0 Å². The summed E-state index contributed by atoms with van der Waals surface area (Å²) in [6, 6.07) is 0.386. The first-order valence-corrected chi connectivity index (χ1v) is 4.57. The van der Waals surface area contributed by atoms with Crippen molar-refractivity contribution >= 4 is 0 Å². The van der Waals surface area contributed by atoms with Crippen LogP contribution in [0.1, 0.15) is 26.2 Å². The molecule has 2 atom stereocenters. The SMILES string of the molecule is CCCC(CC(O)CO)N(C)C. The van der Waals surface area contributed by atoms with Crippen molar-refractivity contribution in [2.45, 2.75) is 38.3 Å². The summed E-state index contributed by atoms with van der Waals surface area (Å²) in [7, 11) is 4.01. The summed E-state index contributed by atoms with van der Waals surface area (Å²) in [4.78, 5) is 2.10. The van der Waals surface area contributed by atoms with Gasteiger partial charge in [0.05, 0.1) is 12.7 Å². The fourth-order valence-electron chi connectivity index (χ4n) is 1.31. The Kier molecular flexibility index (Phi) is 6.34. The number of nitrogens with zero attached hydrogens (tertiary/aromatic N) is 1. The molecule has 0 fully saturated rings. The third-order valence-electron chi connectivity index (χ3n) is 2.11. The van der Waals surface area contributed by atoms with Crippen LogP contribution in [0.4, 0.5) is 0 Å². The first-order chi connectivity index (χ1) is 5.61. The van der Waals surface area contributed by atoms with Gasteiger partial charge in [0.15, 0.2) is 0 Å². The highest BCUT2D eigenvalue weighted by molar-refractivity contribution is 4.69. The van der Waals surface area contributed by atoms with E-state index in [2.05, 4.69) is 11.8 Å². The fraction of sp³-hybridized carbons (Fsp3) is 1.00. The minimum atomic E-state index is -0.566. The van der Waals surface area contributed by atoms with Crippen molar-refractivity contribution in [1.29, 1.82) is 0 Å². The Bertz CT molecular complexity index is 107. The van der Waals surface area contributed by atoms with Crippen LogP contribution in [0.5, 0.6) is 0 Å². The Morgan fingerprint density at radius 3 is 2.25 bits per heavy atom. The molecular formula is C9H21NO2. The quantitative estimate of drug-likeness (QED) is 0.616. The number of aliphatic hydroxyl groups is 2. The van der Waals surface area contributed by atoms with E-state index in [4.69, 9.17) is 5.11 Å². The van der Waals surface area contributed by atoms with Crippen LogP contribution in [0.2, 0.25) is 0 Å². The summed E-state index contributed by atoms with van der Waals surface area (Å²) < 4.78 is 0. The van der Waals surface area contributed by atoms with Gasteiger partial charge in [-0.25, -0.2) is 0 Å². The lowest BCUT2D eigenvalue weighted by Crippen LogP contribution is -2.32. The molecule has 0 aliphatic carbocycles. The Labute approximate surface area is 75.0 Å². The second kappa shape index (κ2) is 6.40. The lowest BCUT2D eigenvalue weighted by atomic mass is 10.0. The average Bonchev–Trinajstić information content (AvgIpc) is 2.03. The first-order valence-electron chi connectivity index (χ1n) is 4.57. The van der Waals surface area contributed by atoms with Crippen LogP contribution in [0, 0.1) is 0 Å². The molecule has 0 rings (SSSR count). The number of rotatable bonds is 6. The average molecular weight is 175 g/mol. The van der Waals surface area contributed by atoms with Gasteiger partial charge in [0.1, 0.15) is 0 Å². The zero-order chi connectivity index (χ0) is 9.56. The Hall–Kier alpha value is -0.120. The van der Waals surface area contributed by atoms with E-state index in [9.17, 15) is 5.11 Å². The second-order valence-corrected chi connectivity index (χ2v) is 3.48. The summed E-state index contributed by atoms with van der Waals surface area (Å²) in [6.45, 7) is 2.00. The monoisotopic (exact) mass is 175 g/mol. The van der Waals surface area contributed by atoms with Gasteiger partial charge in [0, 0.05) is 6.04 Å². The molecule has 0 aromatic carbocycles. The van der Waals surface area contributed by atoms with E-state index in [1.165, 1.54) is 0 Å². The van der Waals surface area contributed by atoms with Gasteiger partial charge in [-0.2, -0.15) is 0 Å². The largest absolute Gasteiger partial charge is 0.394 e. The van der Waals surface area contributed by atoms with Crippen molar-refractivity contribution in [3.05, 3.63) is 0 Å². The maximum Gasteiger partial charge on any atom is 0.0785 e. The van der Waals surface area contributed by atoms with E-state index < -0.39 is 6.10 Å². The molecule has 74 valence electrons. The van der Waals surface area contributed by atoms with Gasteiger partial charge in [-0.3, -0.25) is 0 Å². The molecule has 0 radical (unpaired) electrons. The van der Waals surface area contributed by atoms with Crippen LogP contribution in [-0.4, -0.2) is 48.0 Å². The molecule has 0 saturated heterocycles. The number of hydrogen-bond acceptors (Lipinski definition) is 3. The zero-order valence-corrected chi connectivity index (χ0v) is 8.32. The second-order valence-electron chi connectivity index (χ2n) is 3.48. The molecule has 0 bridgehead atoms. The zero-order valence-electron chi connectivity index (χ0n) is 8.32. The van der Waals surface area contributed by atoms with Gasteiger partial charge >= 0.3 is 0 Å². The standard InChI is InChI=1S/C9H21NO2/c1-4-5-8(10(2)3)6-9(12)7-11/h8-9,11-12H,4-7H2,1-3H3. The molecule has 12 heavy (non-hydrogen) atoms. The smallest absolute Gasteiger partial charge is 0.0785 e. The Morgan fingerprint density at radius 1 is 1.33 bits per heavy atom. The van der Waals surface area contributed by atoms with Crippen LogP contribution in [-0.2, 0) is 0 Å². The van der Waals surface area contributed by atoms with Crippen molar-refractivity contribution in [3.8, 4) is 0 Å². The summed E-state index contributed by atoms with van der Waals surface area (Å²) in [5.74, 6) is 0. The van der Waals surface area contributed by atoms with Gasteiger partial charge in [-0.05, 0) is 26.9 Å². The van der Waals surface area contributed by atoms with E-state index in [1.807, 2.05) is 14.1 Å². The molecule has 2 unspecified atom stereocenters. The predicted octanol–water partition coefficient (Wildman–Crippen LogP) is 0.460. The van der Waals surface area contributed by atoms with Gasteiger partial charge in [-0.15, -0.1) is 0 Å². The molecule has 0 aromatic rings. The summed E-state index contributed by atoms with van der Waals surface area (Å²) in [5.41, 5.74) is 0. The molecule has 0 heterocycles. The van der Waals surface area contributed by atoms with Crippen LogP contribution in [0.15, 0.2) is 0 Å².